The summed E-state index contributed by atoms with van der Waals surface area (Å²) in [5.41, 5.74) is 16.1. The van der Waals surface area contributed by atoms with Gasteiger partial charge in [0.15, 0.2) is 5.96 Å². The van der Waals surface area contributed by atoms with Crippen molar-refractivity contribution >= 4 is 41.6 Å². The molecule has 17 heteroatoms. The van der Waals surface area contributed by atoms with Gasteiger partial charge >= 0.3 is 17.9 Å². The number of rotatable bonds is 18. The lowest BCUT2D eigenvalue weighted by molar-refractivity contribution is -0.144. The molecule has 0 aromatic carbocycles. The first-order valence-electron chi connectivity index (χ1n) is 11.2. The standard InChI is InChI=1S/C20H35N7O10/c1-9(28)15(21)18(35)26-10(3-2-8-24-20(22)23)16(33)25-11(4-6-13(29)30)17(34)27-12(19(36)37)5-7-14(31)32/h9-12,15,28H,2-8,21H2,1H3,(H,25,33)(H,26,35)(H,27,34)(H,29,30)(H,31,32)(H,36,37)(H4,22,23,24). The summed E-state index contributed by atoms with van der Waals surface area (Å²) in [6.45, 7) is 1.34. The highest BCUT2D eigenvalue weighted by Crippen LogP contribution is 2.06. The van der Waals surface area contributed by atoms with Crippen LogP contribution in [-0.4, -0.2) is 98.8 Å². The Labute approximate surface area is 211 Å². The summed E-state index contributed by atoms with van der Waals surface area (Å²) in [4.78, 5) is 74.9. The van der Waals surface area contributed by atoms with E-state index in [0.29, 0.717) is 0 Å². The van der Waals surface area contributed by atoms with Crippen LogP contribution in [0.2, 0.25) is 0 Å². The predicted molar refractivity (Wildman–Crippen MR) is 127 cm³/mol. The van der Waals surface area contributed by atoms with Gasteiger partial charge in [-0.15, -0.1) is 0 Å². The van der Waals surface area contributed by atoms with Gasteiger partial charge in [-0.2, -0.15) is 0 Å². The van der Waals surface area contributed by atoms with Crippen LogP contribution in [0, 0.1) is 0 Å². The van der Waals surface area contributed by atoms with Crippen molar-refractivity contribution in [3.63, 3.8) is 0 Å². The number of hydrogen-bond acceptors (Lipinski definition) is 9. The van der Waals surface area contributed by atoms with E-state index in [1.165, 1.54) is 6.92 Å². The number of aliphatic carboxylic acids is 3. The molecule has 0 radical (unpaired) electrons. The zero-order valence-electron chi connectivity index (χ0n) is 20.3. The van der Waals surface area contributed by atoms with Crippen LogP contribution in [0.5, 0.6) is 0 Å². The predicted octanol–water partition coefficient (Wildman–Crippen LogP) is -3.98. The second-order valence-electron chi connectivity index (χ2n) is 8.10. The summed E-state index contributed by atoms with van der Waals surface area (Å²) in [5, 5.41) is 43.3. The van der Waals surface area contributed by atoms with Gasteiger partial charge < -0.3 is 53.6 Å². The van der Waals surface area contributed by atoms with E-state index < -0.39 is 91.6 Å². The maximum absolute atomic E-state index is 13.0. The molecule has 0 aliphatic heterocycles. The lowest BCUT2D eigenvalue weighted by Crippen LogP contribution is -2.58. The van der Waals surface area contributed by atoms with Crippen LogP contribution >= 0.6 is 0 Å². The highest BCUT2D eigenvalue weighted by molar-refractivity contribution is 5.94. The first-order chi connectivity index (χ1) is 17.1. The van der Waals surface area contributed by atoms with Crippen molar-refractivity contribution in [2.24, 2.45) is 22.2 Å². The number of nitrogens with two attached hydrogens (primary N) is 3. The number of amides is 3. The van der Waals surface area contributed by atoms with Crippen molar-refractivity contribution < 1.29 is 49.2 Å². The normalized spacial score (nSPS) is 14.7. The zero-order valence-corrected chi connectivity index (χ0v) is 20.3. The molecule has 0 aromatic heterocycles. The number of carboxylic acids is 3. The molecule has 0 saturated carbocycles. The maximum Gasteiger partial charge on any atom is 0.326 e. The average Bonchev–Trinajstić information content (AvgIpc) is 2.79. The van der Waals surface area contributed by atoms with E-state index in [2.05, 4.69) is 20.9 Å². The van der Waals surface area contributed by atoms with Crippen molar-refractivity contribution in [1.82, 2.24) is 16.0 Å². The Bertz CT molecular complexity index is 860. The first kappa shape index (κ1) is 33.0. The third-order valence-corrected chi connectivity index (χ3v) is 4.94. The summed E-state index contributed by atoms with van der Waals surface area (Å²) in [6, 6.07) is -5.86. The molecule has 0 aliphatic rings. The molecule has 37 heavy (non-hydrogen) atoms. The molecule has 210 valence electrons. The Morgan fingerprint density at radius 3 is 1.62 bits per heavy atom. The van der Waals surface area contributed by atoms with Crippen molar-refractivity contribution in [3.8, 4) is 0 Å². The molecule has 0 heterocycles. The fourth-order valence-electron chi connectivity index (χ4n) is 2.87. The molecule has 0 saturated heterocycles. The number of guanidine groups is 1. The van der Waals surface area contributed by atoms with Crippen LogP contribution in [0.4, 0.5) is 0 Å². The summed E-state index contributed by atoms with van der Waals surface area (Å²) in [5.74, 6) is -7.23. The highest BCUT2D eigenvalue weighted by atomic mass is 16.4. The van der Waals surface area contributed by atoms with E-state index >= 15 is 0 Å². The van der Waals surface area contributed by atoms with Gasteiger partial charge in [-0.1, -0.05) is 0 Å². The van der Waals surface area contributed by atoms with E-state index in [1.807, 2.05) is 0 Å². The monoisotopic (exact) mass is 533 g/mol. The summed E-state index contributed by atoms with van der Waals surface area (Å²) >= 11 is 0. The van der Waals surface area contributed by atoms with Crippen LogP contribution in [-0.2, 0) is 28.8 Å². The quantitative estimate of drug-likeness (QED) is 0.0457. The van der Waals surface area contributed by atoms with Crippen LogP contribution in [0.1, 0.15) is 45.4 Å². The van der Waals surface area contributed by atoms with Gasteiger partial charge in [-0.3, -0.25) is 29.0 Å². The van der Waals surface area contributed by atoms with Gasteiger partial charge in [0.05, 0.1) is 6.10 Å². The number of aliphatic imine (C=N–C) groups is 1. The fraction of sp³-hybridized carbons (Fsp3) is 0.650. The molecule has 0 spiro atoms. The topological polar surface area (TPSA) is 310 Å². The molecule has 0 bridgehead atoms. The number of carbonyl (C=O) groups is 6. The number of nitrogens with one attached hydrogen (secondary N) is 3. The van der Waals surface area contributed by atoms with Crippen LogP contribution in [0.3, 0.4) is 0 Å². The Morgan fingerprint density at radius 1 is 0.757 bits per heavy atom. The molecule has 5 unspecified atom stereocenters. The number of nitrogens with zero attached hydrogens (tertiary/aromatic N) is 1. The fourth-order valence-corrected chi connectivity index (χ4v) is 2.87. The number of aliphatic hydroxyl groups excluding tert-OH is 1. The Kier molecular flexibility index (Phi) is 14.8. The Balaban J connectivity index is 5.69. The van der Waals surface area contributed by atoms with E-state index in [0.717, 1.165) is 0 Å². The van der Waals surface area contributed by atoms with E-state index in [4.69, 9.17) is 27.4 Å². The second kappa shape index (κ2) is 16.6. The Morgan fingerprint density at radius 2 is 1.19 bits per heavy atom. The molecule has 17 nitrogen and oxygen atoms in total. The lowest BCUT2D eigenvalue weighted by atomic mass is 10.1. The number of hydrogen-bond donors (Lipinski definition) is 10. The molecule has 3 amide bonds. The highest BCUT2D eigenvalue weighted by Gasteiger charge is 2.31. The molecule has 0 aliphatic carbocycles. The number of carboxylic acid groups (broad SMARTS) is 3. The van der Waals surface area contributed by atoms with E-state index in [9.17, 15) is 39.0 Å². The summed E-state index contributed by atoms with van der Waals surface area (Å²) < 4.78 is 0. The van der Waals surface area contributed by atoms with Crippen molar-refractivity contribution in [2.45, 2.75) is 75.7 Å². The molecule has 5 atom stereocenters. The first-order valence-corrected chi connectivity index (χ1v) is 11.2. The lowest BCUT2D eigenvalue weighted by Gasteiger charge is -2.25. The van der Waals surface area contributed by atoms with Gasteiger partial charge in [0.1, 0.15) is 24.2 Å². The second-order valence-corrected chi connectivity index (χ2v) is 8.10. The van der Waals surface area contributed by atoms with E-state index in [1.54, 1.807) is 0 Å². The number of carbonyl (C=O) groups excluding carboxylic acids is 3. The minimum atomic E-state index is -1.62. The summed E-state index contributed by atoms with van der Waals surface area (Å²) in [6.07, 6.45) is -3.18. The van der Waals surface area contributed by atoms with Crippen LogP contribution in [0.25, 0.3) is 0 Å². The van der Waals surface area contributed by atoms with Gasteiger partial charge in [0.25, 0.3) is 0 Å². The van der Waals surface area contributed by atoms with Crippen molar-refractivity contribution in [1.29, 1.82) is 0 Å². The number of aliphatic hydroxyl groups is 1. The molecule has 0 rings (SSSR count). The molecule has 0 fully saturated rings. The van der Waals surface area contributed by atoms with Crippen molar-refractivity contribution in [2.75, 3.05) is 6.54 Å². The SMILES string of the molecule is CC(O)C(N)C(=O)NC(CCCN=C(N)N)C(=O)NC(CCC(=O)O)C(=O)NC(CCC(=O)O)C(=O)O. The van der Waals surface area contributed by atoms with Crippen LogP contribution < -0.4 is 33.2 Å². The molecular formula is C20H35N7O10. The Hall–Kier alpha value is -3.99. The molecule has 13 N–H and O–H groups in total. The molecule has 0 aromatic rings. The summed E-state index contributed by atoms with van der Waals surface area (Å²) in [7, 11) is 0. The van der Waals surface area contributed by atoms with Gasteiger partial charge in [-0.25, -0.2) is 4.79 Å². The minimum absolute atomic E-state index is 0.0511. The third-order valence-electron chi connectivity index (χ3n) is 4.94. The van der Waals surface area contributed by atoms with Gasteiger partial charge in [0, 0.05) is 19.4 Å². The molecular weight excluding hydrogens is 498 g/mol. The average molecular weight is 534 g/mol. The maximum atomic E-state index is 13.0. The van der Waals surface area contributed by atoms with Gasteiger partial charge in [0.2, 0.25) is 17.7 Å². The third kappa shape index (κ3) is 14.2. The van der Waals surface area contributed by atoms with Gasteiger partial charge in [-0.05, 0) is 32.6 Å². The van der Waals surface area contributed by atoms with Crippen molar-refractivity contribution in [3.05, 3.63) is 0 Å². The largest absolute Gasteiger partial charge is 0.481 e. The van der Waals surface area contributed by atoms with Crippen LogP contribution in [0.15, 0.2) is 4.99 Å². The smallest absolute Gasteiger partial charge is 0.326 e. The van der Waals surface area contributed by atoms with E-state index in [-0.39, 0.29) is 25.3 Å². The minimum Gasteiger partial charge on any atom is -0.481 e. The zero-order chi connectivity index (χ0) is 28.7.